The van der Waals surface area contributed by atoms with E-state index < -0.39 is 4.92 Å². The molecule has 0 unspecified atom stereocenters. The highest BCUT2D eigenvalue weighted by molar-refractivity contribution is 5.96. The molecule has 38 heavy (non-hydrogen) atoms. The van der Waals surface area contributed by atoms with Crippen molar-refractivity contribution < 1.29 is 14.5 Å². The molecule has 3 aliphatic heterocycles. The van der Waals surface area contributed by atoms with Crippen LogP contribution in [0.5, 0.6) is 0 Å². The van der Waals surface area contributed by atoms with Crippen LogP contribution in [-0.4, -0.2) is 70.4 Å². The number of nitrogens with zero attached hydrogens (tertiary/aromatic N) is 5. The first-order chi connectivity index (χ1) is 18.3. The molecular weight excluding hydrogens is 486 g/mol. The summed E-state index contributed by atoms with van der Waals surface area (Å²) >= 11 is 0. The van der Waals surface area contributed by atoms with Crippen molar-refractivity contribution in [2.75, 3.05) is 44.2 Å². The Hall–Kier alpha value is -3.69. The molecule has 2 amide bonds. The lowest BCUT2D eigenvalue weighted by molar-refractivity contribution is -0.384. The minimum absolute atomic E-state index is 0.00163. The van der Waals surface area contributed by atoms with E-state index in [9.17, 15) is 24.5 Å². The van der Waals surface area contributed by atoms with Gasteiger partial charge in [-0.05, 0) is 57.2 Å². The maximum absolute atomic E-state index is 13.4. The Morgan fingerprint density at radius 2 is 1.87 bits per heavy atom. The molecule has 3 atom stereocenters. The number of nitro groups is 1. The van der Waals surface area contributed by atoms with Crippen molar-refractivity contribution in [2.24, 2.45) is 11.8 Å². The summed E-state index contributed by atoms with van der Waals surface area (Å²) in [7, 11) is 0. The van der Waals surface area contributed by atoms with Gasteiger partial charge in [-0.25, -0.2) is 0 Å². The summed E-state index contributed by atoms with van der Waals surface area (Å²) in [6.45, 7) is 7.82. The van der Waals surface area contributed by atoms with Crippen LogP contribution in [0.2, 0.25) is 0 Å². The lowest BCUT2D eigenvalue weighted by Gasteiger charge is -2.43. The van der Waals surface area contributed by atoms with E-state index in [0.29, 0.717) is 51.5 Å². The molecule has 10 heteroatoms. The third-order valence-electron chi connectivity index (χ3n) is 8.37. The Morgan fingerprint density at radius 1 is 1.08 bits per heavy atom. The topological polar surface area (TPSA) is 109 Å². The van der Waals surface area contributed by atoms with E-state index in [1.54, 1.807) is 34.1 Å². The Morgan fingerprint density at radius 3 is 2.61 bits per heavy atom. The molecule has 4 heterocycles. The van der Waals surface area contributed by atoms with E-state index >= 15 is 0 Å². The van der Waals surface area contributed by atoms with Crippen molar-refractivity contribution in [3.8, 4) is 0 Å². The van der Waals surface area contributed by atoms with Crippen LogP contribution < -0.4 is 10.5 Å². The van der Waals surface area contributed by atoms with Gasteiger partial charge < -0.3 is 19.3 Å². The van der Waals surface area contributed by atoms with E-state index in [4.69, 9.17) is 0 Å². The predicted octanol–water partition coefficient (Wildman–Crippen LogP) is 3.10. The molecule has 5 rings (SSSR count). The van der Waals surface area contributed by atoms with Crippen molar-refractivity contribution in [1.82, 2.24) is 14.4 Å². The lowest BCUT2D eigenvalue weighted by Crippen LogP contribution is -2.47. The zero-order valence-electron chi connectivity index (χ0n) is 22.0. The van der Waals surface area contributed by atoms with Crippen molar-refractivity contribution >= 4 is 23.2 Å². The highest BCUT2D eigenvalue weighted by Crippen LogP contribution is 2.40. The molecule has 1 aromatic carbocycles. The highest BCUT2D eigenvalue weighted by atomic mass is 16.6. The fourth-order valence-corrected chi connectivity index (χ4v) is 6.50. The standard InChI is InChI=1S/C28H35N5O5/c1-3-29(4-2)28(36)21-7-6-12-30(17-21)27(35)20-10-11-24(25(14-20)33(37)38)31-15-19-13-22(18-31)23-8-5-9-26(34)32(23)16-19/h5,8-11,14,19,21-22H,3-4,6-7,12-13,15-18H2,1-2H3/t19-,21+,22+/m1/s1. The van der Waals surface area contributed by atoms with Gasteiger partial charge in [0, 0.05) is 75.1 Å². The van der Waals surface area contributed by atoms with Gasteiger partial charge >= 0.3 is 0 Å². The number of aromatic nitrogens is 1. The number of hydrogen-bond donors (Lipinski definition) is 0. The lowest BCUT2D eigenvalue weighted by atomic mass is 9.83. The minimum Gasteiger partial charge on any atom is -0.365 e. The van der Waals surface area contributed by atoms with E-state index in [0.717, 1.165) is 25.0 Å². The van der Waals surface area contributed by atoms with Gasteiger partial charge in [0.1, 0.15) is 5.69 Å². The van der Waals surface area contributed by atoms with Gasteiger partial charge in [0.2, 0.25) is 5.91 Å². The van der Waals surface area contributed by atoms with Gasteiger partial charge in [-0.2, -0.15) is 0 Å². The first kappa shape index (κ1) is 25.9. The van der Waals surface area contributed by atoms with Crippen LogP contribution in [0.4, 0.5) is 11.4 Å². The normalized spacial score (nSPS) is 22.5. The number of rotatable bonds is 6. The van der Waals surface area contributed by atoms with Crippen LogP contribution in [0.15, 0.2) is 41.2 Å². The second kappa shape index (κ2) is 10.6. The fraction of sp³-hybridized carbons (Fsp3) is 0.536. The second-order valence-electron chi connectivity index (χ2n) is 10.7. The van der Waals surface area contributed by atoms with Crippen molar-refractivity contribution in [2.45, 2.75) is 45.6 Å². The number of nitro benzene ring substituents is 1. The van der Waals surface area contributed by atoms with Crippen LogP contribution in [0, 0.1) is 22.0 Å². The first-order valence-electron chi connectivity index (χ1n) is 13.6. The quantitative estimate of drug-likeness (QED) is 0.427. The molecule has 2 aromatic rings. The average molecular weight is 522 g/mol. The van der Waals surface area contributed by atoms with Gasteiger partial charge in [-0.3, -0.25) is 24.5 Å². The molecule has 10 nitrogen and oxygen atoms in total. The molecule has 1 aromatic heterocycles. The molecule has 2 fully saturated rings. The summed E-state index contributed by atoms with van der Waals surface area (Å²) in [6.07, 6.45) is 2.42. The Balaban J connectivity index is 1.36. The number of likely N-dealkylation sites (tertiary alicyclic amines) is 1. The van der Waals surface area contributed by atoms with E-state index in [2.05, 4.69) is 0 Å². The van der Waals surface area contributed by atoms with Gasteiger partial charge in [-0.1, -0.05) is 6.07 Å². The Labute approximate surface area is 222 Å². The van der Waals surface area contributed by atoms with Gasteiger partial charge in [0.05, 0.1) is 10.8 Å². The molecule has 0 spiro atoms. The van der Waals surface area contributed by atoms with E-state index in [1.165, 1.54) is 6.07 Å². The zero-order valence-corrected chi connectivity index (χ0v) is 22.0. The van der Waals surface area contributed by atoms with E-state index in [-0.39, 0.29) is 46.4 Å². The molecule has 3 aliphatic rings. The van der Waals surface area contributed by atoms with Gasteiger partial charge in [0.15, 0.2) is 0 Å². The number of fused-ring (bicyclic) bond motifs is 4. The summed E-state index contributed by atoms with van der Waals surface area (Å²) in [5, 5.41) is 12.1. The third kappa shape index (κ3) is 4.79. The summed E-state index contributed by atoms with van der Waals surface area (Å²) < 4.78 is 1.84. The molecule has 2 bridgehead atoms. The molecule has 0 aliphatic carbocycles. The number of pyridine rings is 1. The number of amides is 2. The maximum Gasteiger partial charge on any atom is 0.293 e. The van der Waals surface area contributed by atoms with Crippen LogP contribution in [0.1, 0.15) is 55.1 Å². The zero-order chi connectivity index (χ0) is 27.0. The number of benzene rings is 1. The van der Waals surface area contributed by atoms with Crippen LogP contribution in [0.3, 0.4) is 0 Å². The summed E-state index contributed by atoms with van der Waals surface area (Å²) in [6, 6.07) is 10.1. The first-order valence-corrected chi connectivity index (χ1v) is 13.6. The van der Waals surface area contributed by atoms with Gasteiger partial charge in [-0.15, -0.1) is 0 Å². The molecule has 202 valence electrons. The second-order valence-corrected chi connectivity index (χ2v) is 10.7. The molecule has 2 saturated heterocycles. The number of anilines is 1. The van der Waals surface area contributed by atoms with Crippen LogP contribution in [0.25, 0.3) is 0 Å². The van der Waals surface area contributed by atoms with Crippen molar-refractivity contribution in [3.05, 3.63) is 68.1 Å². The highest BCUT2D eigenvalue weighted by Gasteiger charge is 2.37. The number of hydrogen-bond acceptors (Lipinski definition) is 6. The van der Waals surface area contributed by atoms with Crippen molar-refractivity contribution in [3.63, 3.8) is 0 Å². The summed E-state index contributed by atoms with van der Waals surface area (Å²) in [5.41, 5.74) is 1.66. The molecule has 0 N–H and O–H groups in total. The SMILES string of the molecule is CCN(CC)C(=O)[C@H]1CCCN(C(=O)c2ccc(N3C[C@H]4C[C@@H](C3)c3cccc(=O)n3C4)c([N+](=O)[O-])c2)C1. The van der Waals surface area contributed by atoms with Crippen molar-refractivity contribution in [1.29, 1.82) is 0 Å². The fourth-order valence-electron chi connectivity index (χ4n) is 6.50. The number of carbonyl (C=O) groups is 2. The van der Waals surface area contributed by atoms with E-state index in [1.807, 2.05) is 29.4 Å². The number of piperidine rings is 2. The largest absolute Gasteiger partial charge is 0.365 e. The monoisotopic (exact) mass is 521 g/mol. The Bertz CT molecular complexity index is 1300. The minimum atomic E-state index is -0.419. The summed E-state index contributed by atoms with van der Waals surface area (Å²) in [4.78, 5) is 55.8. The van der Waals surface area contributed by atoms with Crippen LogP contribution in [-0.2, 0) is 11.3 Å². The van der Waals surface area contributed by atoms with Gasteiger partial charge in [0.25, 0.3) is 17.2 Å². The Kier molecular flexibility index (Phi) is 7.23. The summed E-state index contributed by atoms with van der Waals surface area (Å²) in [5.74, 6) is -0.124. The smallest absolute Gasteiger partial charge is 0.293 e. The predicted molar refractivity (Wildman–Crippen MR) is 143 cm³/mol. The average Bonchev–Trinajstić information content (AvgIpc) is 2.93. The molecule has 0 saturated carbocycles. The molecular formula is C28H35N5O5. The van der Waals surface area contributed by atoms with Crippen LogP contribution >= 0.6 is 0 Å². The molecule has 0 radical (unpaired) electrons. The number of carbonyl (C=O) groups excluding carboxylic acids is 2. The third-order valence-corrected chi connectivity index (χ3v) is 8.37. The maximum atomic E-state index is 13.4.